The number of amides is 1. The standard InChI is InChI=1S/C18H28N4O4S/c1-26-16-2-4-17(5-3-16)27(24,25)22-14-12-20(13-15-22)9-6-18(23)21-10-7-19-8-11-21/h2-5,19H,6-15H2,1H3. The Morgan fingerprint density at radius 1 is 1.04 bits per heavy atom. The van der Waals surface area contributed by atoms with E-state index in [1.54, 1.807) is 31.4 Å². The Bertz CT molecular complexity index is 724. The Kier molecular flexibility index (Phi) is 6.69. The molecule has 1 aromatic rings. The second-order valence-corrected chi connectivity index (χ2v) is 8.74. The van der Waals surface area contributed by atoms with E-state index in [-0.39, 0.29) is 10.8 Å². The molecule has 2 saturated heterocycles. The molecule has 1 amide bonds. The van der Waals surface area contributed by atoms with Gasteiger partial charge in [0.2, 0.25) is 15.9 Å². The van der Waals surface area contributed by atoms with E-state index < -0.39 is 10.0 Å². The second-order valence-electron chi connectivity index (χ2n) is 6.80. The summed E-state index contributed by atoms with van der Waals surface area (Å²) in [5.41, 5.74) is 0. The van der Waals surface area contributed by atoms with E-state index in [4.69, 9.17) is 4.74 Å². The molecule has 0 atom stereocenters. The number of hydrogen-bond donors (Lipinski definition) is 1. The van der Waals surface area contributed by atoms with Crippen LogP contribution in [0.4, 0.5) is 0 Å². The molecular weight excluding hydrogens is 368 g/mol. The first-order valence-electron chi connectivity index (χ1n) is 9.36. The van der Waals surface area contributed by atoms with Gasteiger partial charge in [0.25, 0.3) is 0 Å². The highest BCUT2D eigenvalue weighted by Gasteiger charge is 2.28. The molecule has 1 N–H and O–H groups in total. The van der Waals surface area contributed by atoms with Crippen LogP contribution in [0.3, 0.4) is 0 Å². The molecule has 27 heavy (non-hydrogen) atoms. The van der Waals surface area contributed by atoms with Crippen molar-refractivity contribution in [1.82, 2.24) is 19.4 Å². The van der Waals surface area contributed by atoms with Crippen molar-refractivity contribution < 1.29 is 17.9 Å². The van der Waals surface area contributed by atoms with E-state index in [0.29, 0.717) is 44.9 Å². The molecule has 2 fully saturated rings. The molecule has 2 aliphatic heterocycles. The summed E-state index contributed by atoms with van der Waals surface area (Å²) in [6, 6.07) is 6.47. The maximum absolute atomic E-state index is 12.8. The maximum Gasteiger partial charge on any atom is 0.243 e. The molecule has 0 radical (unpaired) electrons. The van der Waals surface area contributed by atoms with Gasteiger partial charge in [0.05, 0.1) is 12.0 Å². The number of rotatable bonds is 6. The quantitative estimate of drug-likeness (QED) is 0.719. The van der Waals surface area contributed by atoms with Crippen LogP contribution >= 0.6 is 0 Å². The minimum Gasteiger partial charge on any atom is -0.497 e. The third-order valence-corrected chi connectivity index (χ3v) is 7.05. The van der Waals surface area contributed by atoms with Crippen LogP contribution < -0.4 is 10.1 Å². The van der Waals surface area contributed by atoms with Crippen molar-refractivity contribution in [1.29, 1.82) is 0 Å². The summed E-state index contributed by atoms with van der Waals surface area (Å²) in [5, 5.41) is 3.24. The van der Waals surface area contributed by atoms with Crippen LogP contribution in [0.5, 0.6) is 5.75 Å². The molecule has 0 aromatic heterocycles. The number of carbonyl (C=O) groups is 1. The number of hydrogen-bond acceptors (Lipinski definition) is 6. The fraction of sp³-hybridized carbons (Fsp3) is 0.611. The summed E-state index contributed by atoms with van der Waals surface area (Å²) in [4.78, 5) is 16.6. The summed E-state index contributed by atoms with van der Waals surface area (Å²) in [6.07, 6.45) is 0.491. The lowest BCUT2D eigenvalue weighted by molar-refractivity contribution is -0.132. The van der Waals surface area contributed by atoms with Gasteiger partial charge in [0, 0.05) is 65.3 Å². The molecule has 0 aliphatic carbocycles. The molecule has 0 unspecified atom stereocenters. The van der Waals surface area contributed by atoms with Crippen molar-refractivity contribution in [3.05, 3.63) is 24.3 Å². The Morgan fingerprint density at radius 3 is 2.26 bits per heavy atom. The van der Waals surface area contributed by atoms with Gasteiger partial charge in [-0.3, -0.25) is 4.79 Å². The van der Waals surface area contributed by atoms with Crippen LogP contribution in [-0.2, 0) is 14.8 Å². The highest BCUT2D eigenvalue weighted by atomic mass is 32.2. The Morgan fingerprint density at radius 2 is 1.67 bits per heavy atom. The normalized spacial score (nSPS) is 19.8. The predicted octanol–water partition coefficient (Wildman–Crippen LogP) is -0.177. The molecule has 0 saturated carbocycles. The number of methoxy groups -OCH3 is 1. The average Bonchev–Trinajstić information content (AvgIpc) is 2.73. The summed E-state index contributed by atoms with van der Waals surface area (Å²) >= 11 is 0. The van der Waals surface area contributed by atoms with Gasteiger partial charge in [-0.2, -0.15) is 4.31 Å². The van der Waals surface area contributed by atoms with Gasteiger partial charge in [0.1, 0.15) is 5.75 Å². The Hall–Kier alpha value is -1.68. The summed E-state index contributed by atoms with van der Waals surface area (Å²) in [6.45, 7) is 6.10. The van der Waals surface area contributed by atoms with Crippen molar-refractivity contribution in [2.75, 3.05) is 66.0 Å². The van der Waals surface area contributed by atoms with E-state index in [1.165, 1.54) is 4.31 Å². The van der Waals surface area contributed by atoms with Gasteiger partial charge in [-0.1, -0.05) is 0 Å². The lowest BCUT2D eigenvalue weighted by Crippen LogP contribution is -2.50. The van der Waals surface area contributed by atoms with Gasteiger partial charge in [-0.05, 0) is 24.3 Å². The van der Waals surface area contributed by atoms with E-state index >= 15 is 0 Å². The molecule has 2 aliphatic rings. The predicted molar refractivity (Wildman–Crippen MR) is 102 cm³/mol. The van der Waals surface area contributed by atoms with Crippen molar-refractivity contribution in [3.8, 4) is 5.75 Å². The minimum absolute atomic E-state index is 0.185. The zero-order valence-electron chi connectivity index (χ0n) is 15.8. The third-order valence-electron chi connectivity index (χ3n) is 5.14. The number of carbonyl (C=O) groups excluding carboxylic acids is 1. The highest BCUT2D eigenvalue weighted by Crippen LogP contribution is 2.20. The van der Waals surface area contributed by atoms with Crippen molar-refractivity contribution in [2.24, 2.45) is 0 Å². The zero-order chi connectivity index (χ0) is 19.3. The number of nitrogens with zero attached hydrogens (tertiary/aromatic N) is 3. The molecule has 3 rings (SSSR count). The molecule has 0 spiro atoms. The van der Waals surface area contributed by atoms with Gasteiger partial charge in [0.15, 0.2) is 0 Å². The largest absolute Gasteiger partial charge is 0.497 e. The number of nitrogens with one attached hydrogen (secondary N) is 1. The number of ether oxygens (including phenoxy) is 1. The molecular formula is C18H28N4O4S. The van der Waals surface area contributed by atoms with Crippen LogP contribution in [0, 0.1) is 0 Å². The van der Waals surface area contributed by atoms with Gasteiger partial charge < -0.3 is 19.9 Å². The van der Waals surface area contributed by atoms with Gasteiger partial charge >= 0.3 is 0 Å². The van der Waals surface area contributed by atoms with E-state index in [2.05, 4.69) is 10.2 Å². The molecule has 8 nitrogen and oxygen atoms in total. The first-order valence-corrected chi connectivity index (χ1v) is 10.8. The Balaban J connectivity index is 1.48. The van der Waals surface area contributed by atoms with E-state index in [1.807, 2.05) is 4.90 Å². The van der Waals surface area contributed by atoms with Crippen LogP contribution in [0.2, 0.25) is 0 Å². The minimum atomic E-state index is -3.49. The van der Waals surface area contributed by atoms with Crippen molar-refractivity contribution in [3.63, 3.8) is 0 Å². The fourth-order valence-corrected chi connectivity index (χ4v) is 4.84. The number of piperazine rings is 2. The van der Waals surface area contributed by atoms with Crippen molar-refractivity contribution >= 4 is 15.9 Å². The van der Waals surface area contributed by atoms with Crippen LogP contribution in [-0.4, -0.2) is 94.4 Å². The second kappa shape index (κ2) is 9.01. The lowest BCUT2D eigenvalue weighted by atomic mass is 10.2. The monoisotopic (exact) mass is 396 g/mol. The topological polar surface area (TPSA) is 82.2 Å². The van der Waals surface area contributed by atoms with E-state index in [0.717, 1.165) is 26.2 Å². The van der Waals surface area contributed by atoms with Gasteiger partial charge in [-0.15, -0.1) is 0 Å². The third kappa shape index (κ3) is 4.98. The summed E-state index contributed by atoms with van der Waals surface area (Å²) in [5.74, 6) is 0.817. The van der Waals surface area contributed by atoms with E-state index in [9.17, 15) is 13.2 Å². The SMILES string of the molecule is COc1ccc(S(=O)(=O)N2CCN(CCC(=O)N3CCNCC3)CC2)cc1. The molecule has 0 bridgehead atoms. The first kappa shape index (κ1) is 20.1. The zero-order valence-corrected chi connectivity index (χ0v) is 16.6. The maximum atomic E-state index is 12.8. The van der Waals surface area contributed by atoms with Crippen molar-refractivity contribution in [2.45, 2.75) is 11.3 Å². The summed E-state index contributed by atoms with van der Waals surface area (Å²) < 4.78 is 32.1. The molecule has 150 valence electrons. The lowest BCUT2D eigenvalue weighted by Gasteiger charge is -2.34. The molecule has 2 heterocycles. The molecule has 9 heteroatoms. The molecule has 1 aromatic carbocycles. The number of sulfonamides is 1. The van der Waals surface area contributed by atoms with Crippen LogP contribution in [0.1, 0.15) is 6.42 Å². The first-order chi connectivity index (χ1) is 13.0. The van der Waals surface area contributed by atoms with Crippen LogP contribution in [0.15, 0.2) is 29.2 Å². The smallest absolute Gasteiger partial charge is 0.243 e. The summed E-state index contributed by atoms with van der Waals surface area (Å²) in [7, 11) is -1.94. The highest BCUT2D eigenvalue weighted by molar-refractivity contribution is 7.89. The van der Waals surface area contributed by atoms with Crippen LogP contribution in [0.25, 0.3) is 0 Å². The van der Waals surface area contributed by atoms with Gasteiger partial charge in [-0.25, -0.2) is 8.42 Å². The number of benzene rings is 1. The average molecular weight is 397 g/mol. The fourth-order valence-electron chi connectivity index (χ4n) is 3.42. The Labute approximate surface area is 161 Å².